The van der Waals surface area contributed by atoms with Crippen LogP contribution < -0.4 is 4.43 Å². The van der Waals surface area contributed by atoms with Crippen LogP contribution in [0.25, 0.3) is 5.83 Å². The molecule has 0 saturated carbocycles. The highest BCUT2D eigenvalue weighted by atomic mass is 28.4. The van der Waals surface area contributed by atoms with Crippen molar-refractivity contribution < 1.29 is 30.8 Å². The van der Waals surface area contributed by atoms with E-state index < -0.39 is 70.5 Å². The second-order valence-corrected chi connectivity index (χ2v) is 30.1. The molecule has 266 valence electrons. The highest BCUT2D eigenvalue weighted by Gasteiger charge is 2.50. The predicted molar refractivity (Wildman–Crippen MR) is 191 cm³/mol. The van der Waals surface area contributed by atoms with E-state index in [4.69, 9.17) is 4.43 Å². The number of benzene rings is 1. The van der Waals surface area contributed by atoms with Crippen LogP contribution >= 0.6 is 0 Å². The summed E-state index contributed by atoms with van der Waals surface area (Å²) in [5.74, 6) is -12.3. The molecule has 0 spiro atoms. The average Bonchev–Trinajstić information content (AvgIpc) is 3.29. The first-order valence-corrected chi connectivity index (χ1v) is 26.4. The smallest absolute Gasteiger partial charge is 0.299 e. The summed E-state index contributed by atoms with van der Waals surface area (Å²) in [6.45, 7) is 17.8. The fourth-order valence-electron chi connectivity index (χ4n) is 7.82. The zero-order valence-corrected chi connectivity index (χ0v) is 33.1. The second kappa shape index (κ2) is 18.1. The van der Waals surface area contributed by atoms with E-state index in [0.29, 0.717) is 12.1 Å². The summed E-state index contributed by atoms with van der Waals surface area (Å²) in [6, 6.07) is 11.6. The van der Waals surface area contributed by atoms with Gasteiger partial charge in [-0.2, -0.15) is 13.2 Å². The normalized spacial score (nSPS) is 15.1. The van der Waals surface area contributed by atoms with E-state index >= 15 is 13.2 Å². The Kier molecular flexibility index (Phi) is 16.2. The molecule has 0 fully saturated rings. The van der Waals surface area contributed by atoms with Gasteiger partial charge in [0, 0.05) is 6.08 Å². The molecule has 0 unspecified atom stereocenters. The van der Waals surface area contributed by atoms with E-state index in [1.165, 1.54) is 61.2 Å². The van der Waals surface area contributed by atoms with Gasteiger partial charge in [-0.15, -0.1) is 0 Å². The lowest BCUT2D eigenvalue weighted by atomic mass is 10.0. The van der Waals surface area contributed by atoms with Crippen LogP contribution in [-0.4, -0.2) is 24.5 Å². The van der Waals surface area contributed by atoms with Crippen molar-refractivity contribution in [3.63, 3.8) is 0 Å². The number of unbranched alkanes of at least 4 members (excludes halogenated alkanes) is 6. The maximum Gasteiger partial charge on any atom is 0.299 e. The summed E-state index contributed by atoms with van der Waals surface area (Å²) >= 11 is 0. The van der Waals surface area contributed by atoms with Crippen LogP contribution in [0.2, 0.25) is 66.0 Å². The molecule has 0 aromatic heterocycles. The Bertz CT molecular complexity index is 1080. The molecule has 0 amide bonds. The number of rotatable bonds is 23. The summed E-state index contributed by atoms with van der Waals surface area (Å²) in [7, 11) is -5.45. The van der Waals surface area contributed by atoms with Crippen LogP contribution in [0.5, 0.6) is 5.75 Å². The number of hydrogen-bond acceptors (Lipinski definition) is 1. The van der Waals surface area contributed by atoms with E-state index in [2.05, 4.69) is 41.5 Å². The van der Waals surface area contributed by atoms with Crippen molar-refractivity contribution in [2.75, 3.05) is 0 Å². The predicted octanol–water partition coefficient (Wildman–Crippen LogP) is 14.4. The maximum absolute atomic E-state index is 15.4. The molecule has 0 atom stereocenters. The Morgan fingerprint density at radius 2 is 0.978 bits per heavy atom. The number of fused-ring (bicyclic) bond motifs is 1. The van der Waals surface area contributed by atoms with Gasteiger partial charge >= 0.3 is 0 Å². The molecule has 2 rings (SSSR count). The van der Waals surface area contributed by atoms with Crippen LogP contribution in [0.1, 0.15) is 118 Å². The summed E-state index contributed by atoms with van der Waals surface area (Å²) in [6.07, 6.45) is 7.91. The molecule has 0 heterocycles. The van der Waals surface area contributed by atoms with E-state index in [9.17, 15) is 13.2 Å². The average molecular weight is 709 g/mol. The van der Waals surface area contributed by atoms with E-state index in [1.807, 2.05) is 13.8 Å². The molecule has 1 aromatic carbocycles. The maximum atomic E-state index is 15.4. The van der Waals surface area contributed by atoms with Crippen molar-refractivity contribution in [1.82, 2.24) is 0 Å². The van der Waals surface area contributed by atoms with Gasteiger partial charge in [0.05, 0.1) is 27.3 Å². The Morgan fingerprint density at radius 3 is 1.35 bits per heavy atom. The third-order valence-corrected chi connectivity index (χ3v) is 29.1. The number of alkyl halides is 2. The molecular weight excluding hydrogens is 647 g/mol. The van der Waals surface area contributed by atoms with E-state index in [-0.39, 0.29) is 11.6 Å². The lowest BCUT2D eigenvalue weighted by Gasteiger charge is -2.37. The molecular formula is C36H62F6OSi3. The summed E-state index contributed by atoms with van der Waals surface area (Å²) in [5, 5.41) is 0. The van der Waals surface area contributed by atoms with Crippen LogP contribution in [-0.2, 0) is 5.92 Å². The van der Waals surface area contributed by atoms with Gasteiger partial charge in [0.1, 0.15) is 5.83 Å². The van der Waals surface area contributed by atoms with Crippen LogP contribution in [0.4, 0.5) is 26.3 Å². The molecule has 0 N–H and O–H groups in total. The van der Waals surface area contributed by atoms with Crippen molar-refractivity contribution in [2.24, 2.45) is 0 Å². The second-order valence-electron chi connectivity index (χ2n) is 14.4. The molecule has 0 bridgehead atoms. The first-order valence-electron chi connectivity index (χ1n) is 18.3. The molecule has 1 aliphatic carbocycles. The van der Waals surface area contributed by atoms with Gasteiger partial charge in [-0.25, -0.2) is 13.2 Å². The number of halogens is 6. The molecule has 0 aliphatic heterocycles. The van der Waals surface area contributed by atoms with Crippen molar-refractivity contribution in [3.8, 4) is 5.75 Å². The van der Waals surface area contributed by atoms with Crippen molar-refractivity contribution in [3.05, 3.63) is 34.7 Å². The summed E-state index contributed by atoms with van der Waals surface area (Å²) in [4.78, 5) is 0. The van der Waals surface area contributed by atoms with Crippen molar-refractivity contribution in [2.45, 2.75) is 179 Å². The molecule has 46 heavy (non-hydrogen) atoms. The molecule has 10 heteroatoms. The third-order valence-electron chi connectivity index (χ3n) is 12.1. The molecule has 0 saturated heterocycles. The Morgan fingerprint density at radius 1 is 0.587 bits per heavy atom. The van der Waals surface area contributed by atoms with Gasteiger partial charge in [-0.05, 0) is 17.6 Å². The first kappa shape index (κ1) is 41.2. The van der Waals surface area contributed by atoms with Gasteiger partial charge in [0.15, 0.2) is 17.4 Å². The van der Waals surface area contributed by atoms with Crippen LogP contribution in [0.3, 0.4) is 0 Å². The summed E-state index contributed by atoms with van der Waals surface area (Å²) < 4.78 is 95.8. The van der Waals surface area contributed by atoms with Crippen LogP contribution in [0.15, 0.2) is 6.08 Å². The quantitative estimate of drug-likeness (QED) is 0.0476. The minimum absolute atomic E-state index is 0.0659. The topological polar surface area (TPSA) is 9.23 Å². The Balaban J connectivity index is 2.30. The Labute approximate surface area is 279 Å². The monoisotopic (exact) mass is 708 g/mol. The van der Waals surface area contributed by atoms with Gasteiger partial charge < -0.3 is 4.43 Å². The summed E-state index contributed by atoms with van der Waals surface area (Å²) in [5.41, 5.74) is -2.51. The largest absolute Gasteiger partial charge is 0.541 e. The highest BCUT2D eigenvalue weighted by Crippen LogP contribution is 2.52. The van der Waals surface area contributed by atoms with E-state index in [1.54, 1.807) is 0 Å². The minimum Gasteiger partial charge on any atom is -0.541 e. The zero-order chi connectivity index (χ0) is 34.8. The fraction of sp³-hybridized carbons (Fsp3) is 0.778. The zero-order valence-electron chi connectivity index (χ0n) is 30.1. The number of hydrogen-bond donors (Lipinski definition) is 0. The molecule has 1 aromatic rings. The highest BCUT2D eigenvalue weighted by molar-refractivity contribution is 6.80. The van der Waals surface area contributed by atoms with E-state index in [0.717, 1.165) is 38.5 Å². The molecule has 1 aliphatic rings. The number of allylic oxidation sites excluding steroid dienone is 1. The van der Waals surface area contributed by atoms with Crippen molar-refractivity contribution >= 4 is 30.3 Å². The SMILES string of the molecule is CC[Si](CC)(CC)CCCCCC[Si](CCCCCC[Si](CC)(CC)CC)(Oc1c(F)c(F)c(F)c2c1C(F)(F)C=C2F)C(C)C. The first-order chi connectivity index (χ1) is 21.7. The van der Waals surface area contributed by atoms with Gasteiger partial charge in [0.25, 0.3) is 14.2 Å². The fourth-order valence-corrected chi connectivity index (χ4v) is 19.1. The lowest BCUT2D eigenvalue weighted by molar-refractivity contribution is 0.0525. The van der Waals surface area contributed by atoms with Gasteiger partial charge in [-0.1, -0.05) is 155 Å². The third kappa shape index (κ3) is 9.57. The standard InChI is InChI=1S/C36H62F6OSi3/c1-9-44(10-2,11-3)23-19-15-17-21-25-46(28(7)8,26-22-18-16-20-24-45(12-4,13-5)14-6)43-35-31-30(29(37)27-36(31,41)42)32(38)33(39)34(35)40/h27-28H,9-26H2,1-8H3. The molecule has 0 radical (unpaired) electrons. The lowest BCUT2D eigenvalue weighted by Crippen LogP contribution is -2.45. The Hall–Kier alpha value is -1.01. The van der Waals surface area contributed by atoms with Crippen molar-refractivity contribution in [1.29, 1.82) is 0 Å². The molecule has 1 nitrogen and oxygen atoms in total. The minimum atomic E-state index is -4.00. The van der Waals surface area contributed by atoms with Gasteiger partial charge in [-0.3, -0.25) is 0 Å². The van der Waals surface area contributed by atoms with Gasteiger partial charge in [0.2, 0.25) is 5.82 Å². The van der Waals surface area contributed by atoms with Crippen LogP contribution in [0, 0.1) is 17.5 Å².